The summed E-state index contributed by atoms with van der Waals surface area (Å²) in [5.41, 5.74) is -4.83. The zero-order valence-corrected chi connectivity index (χ0v) is 10.2. The summed E-state index contributed by atoms with van der Waals surface area (Å²) in [4.78, 5) is 24.0. The van der Waals surface area contributed by atoms with Crippen LogP contribution in [0.3, 0.4) is 0 Å². The molecule has 0 saturated heterocycles. The zero-order chi connectivity index (χ0) is 16.4. The van der Waals surface area contributed by atoms with Crippen LogP contribution in [0.2, 0.25) is 0 Å². The number of rotatable bonds is 3. The van der Waals surface area contributed by atoms with Gasteiger partial charge >= 0.3 is 18.5 Å². The van der Waals surface area contributed by atoms with E-state index >= 15 is 0 Å². The van der Waals surface area contributed by atoms with Crippen LogP contribution < -0.4 is 10.2 Å². The molecule has 0 aliphatic carbocycles. The predicted molar refractivity (Wildman–Crippen MR) is 54.7 cm³/mol. The minimum atomic E-state index is -5.50. The van der Waals surface area contributed by atoms with Crippen LogP contribution in [0.15, 0.2) is 10.9 Å². The van der Waals surface area contributed by atoms with E-state index in [9.17, 15) is 35.9 Å². The van der Waals surface area contributed by atoms with Crippen molar-refractivity contribution in [2.24, 2.45) is 0 Å². The number of hydrogen-bond acceptors (Lipinski definition) is 4. The zero-order valence-electron chi connectivity index (χ0n) is 10.2. The first kappa shape index (κ1) is 16.9. The molecule has 0 aliphatic rings. The Morgan fingerprint density at radius 1 is 1.24 bits per heavy atom. The van der Waals surface area contributed by atoms with Crippen molar-refractivity contribution >= 4 is 5.97 Å². The van der Waals surface area contributed by atoms with E-state index in [1.807, 2.05) is 0 Å². The van der Waals surface area contributed by atoms with Crippen molar-refractivity contribution in [2.45, 2.75) is 19.5 Å². The highest BCUT2D eigenvalue weighted by Crippen LogP contribution is 2.35. The first-order valence-corrected chi connectivity index (χ1v) is 5.23. The number of carbonyl (C=O) groups excluding carboxylic acids is 1. The smallest absolute Gasteiger partial charge is 0.461 e. The highest BCUT2D eigenvalue weighted by atomic mass is 19.4. The lowest BCUT2D eigenvalue weighted by Crippen LogP contribution is -2.27. The number of esters is 1. The van der Waals surface area contributed by atoms with Crippen molar-refractivity contribution in [3.8, 4) is 5.75 Å². The van der Waals surface area contributed by atoms with E-state index in [1.165, 1.54) is 11.9 Å². The molecule has 21 heavy (non-hydrogen) atoms. The lowest BCUT2D eigenvalue weighted by molar-refractivity contribution is -0.276. The average Bonchev–Trinajstić information content (AvgIpc) is 2.28. The van der Waals surface area contributed by atoms with Crippen LogP contribution in [0, 0.1) is 0 Å². The lowest BCUT2D eigenvalue weighted by Gasteiger charge is -2.15. The lowest BCUT2D eigenvalue weighted by atomic mass is 10.2. The normalized spacial score (nSPS) is 12.1. The monoisotopic (exact) mass is 319 g/mol. The number of carbonyl (C=O) groups is 1. The number of halogens is 6. The summed E-state index contributed by atoms with van der Waals surface area (Å²) >= 11 is 0. The van der Waals surface area contributed by atoms with Crippen molar-refractivity contribution in [1.29, 1.82) is 0 Å². The minimum absolute atomic E-state index is 0.205. The SMILES string of the molecule is CCOC(=O)c1cc(=O)c(OC(F)(F)F)c(C(F)(F)F)[nH]1. The van der Waals surface area contributed by atoms with Crippen LogP contribution in [-0.4, -0.2) is 23.9 Å². The summed E-state index contributed by atoms with van der Waals surface area (Å²) in [6.45, 7) is 1.14. The van der Waals surface area contributed by atoms with E-state index in [-0.39, 0.29) is 12.7 Å². The Bertz CT molecular complexity index is 589. The van der Waals surface area contributed by atoms with Crippen LogP contribution in [0.1, 0.15) is 23.1 Å². The van der Waals surface area contributed by atoms with Crippen LogP contribution in [0.4, 0.5) is 26.3 Å². The molecule has 1 N–H and O–H groups in total. The summed E-state index contributed by atoms with van der Waals surface area (Å²) < 4.78 is 81.5. The van der Waals surface area contributed by atoms with Crippen molar-refractivity contribution < 1.29 is 40.6 Å². The Kier molecular flexibility index (Phi) is 4.54. The molecule has 1 rings (SSSR count). The second-order valence-corrected chi connectivity index (χ2v) is 3.52. The van der Waals surface area contributed by atoms with Gasteiger partial charge in [-0.05, 0) is 6.92 Å². The first-order valence-electron chi connectivity index (χ1n) is 5.23. The molecule has 0 aromatic carbocycles. The third-order valence-corrected chi connectivity index (χ3v) is 1.98. The van der Waals surface area contributed by atoms with Gasteiger partial charge < -0.3 is 14.5 Å². The summed E-state index contributed by atoms with van der Waals surface area (Å²) in [6, 6.07) is 0.230. The fraction of sp³-hybridized carbons (Fsp3) is 0.400. The molecule has 11 heteroatoms. The largest absolute Gasteiger partial charge is 0.573 e. The Morgan fingerprint density at radius 3 is 2.24 bits per heavy atom. The predicted octanol–water partition coefficient (Wildman–Crippen LogP) is 2.47. The summed E-state index contributed by atoms with van der Waals surface area (Å²) in [6.07, 6.45) is -10.9. The highest BCUT2D eigenvalue weighted by molar-refractivity contribution is 5.87. The van der Waals surface area contributed by atoms with Gasteiger partial charge in [0.05, 0.1) is 6.61 Å². The molecule has 0 unspecified atom stereocenters. The van der Waals surface area contributed by atoms with Gasteiger partial charge in [-0.2, -0.15) is 13.2 Å². The standard InChI is InChI=1S/C10H7F6NO4/c1-2-20-8(19)4-3-5(18)6(21-10(14,15)16)7(17-4)9(11,12)13/h3H,2H2,1H3,(H,17,18). The van der Waals surface area contributed by atoms with E-state index < -0.39 is 41.1 Å². The highest BCUT2D eigenvalue weighted by Gasteiger charge is 2.42. The Morgan fingerprint density at radius 2 is 1.81 bits per heavy atom. The molecule has 0 bridgehead atoms. The Balaban J connectivity index is 3.46. The van der Waals surface area contributed by atoms with Gasteiger partial charge in [0.15, 0.2) is 5.69 Å². The number of aromatic nitrogens is 1. The van der Waals surface area contributed by atoms with Crippen molar-refractivity contribution in [3.05, 3.63) is 27.7 Å². The van der Waals surface area contributed by atoms with Gasteiger partial charge in [0, 0.05) is 6.07 Å². The molecule has 1 heterocycles. The van der Waals surface area contributed by atoms with Gasteiger partial charge in [-0.1, -0.05) is 0 Å². The molecule has 0 saturated carbocycles. The molecule has 0 amide bonds. The molecule has 118 valence electrons. The minimum Gasteiger partial charge on any atom is -0.461 e. The molecule has 0 fully saturated rings. The van der Waals surface area contributed by atoms with Crippen molar-refractivity contribution in [2.75, 3.05) is 6.61 Å². The van der Waals surface area contributed by atoms with Gasteiger partial charge in [0.25, 0.3) is 0 Å². The fourth-order valence-corrected chi connectivity index (χ4v) is 1.28. The molecule has 1 aromatic heterocycles. The number of aromatic amines is 1. The quantitative estimate of drug-likeness (QED) is 0.686. The third-order valence-electron chi connectivity index (χ3n) is 1.98. The van der Waals surface area contributed by atoms with Crippen LogP contribution in [-0.2, 0) is 10.9 Å². The van der Waals surface area contributed by atoms with Crippen molar-refractivity contribution in [1.82, 2.24) is 4.98 Å². The van der Waals surface area contributed by atoms with Crippen LogP contribution >= 0.6 is 0 Å². The molecule has 1 aromatic rings. The number of nitrogens with one attached hydrogen (secondary N) is 1. The summed E-state index contributed by atoms with van der Waals surface area (Å²) in [5.74, 6) is -3.32. The van der Waals surface area contributed by atoms with E-state index in [0.29, 0.717) is 0 Å². The molecular formula is C10H7F6NO4. The topological polar surface area (TPSA) is 68.4 Å². The van der Waals surface area contributed by atoms with E-state index in [1.54, 1.807) is 0 Å². The van der Waals surface area contributed by atoms with Crippen LogP contribution in [0.5, 0.6) is 5.75 Å². The maximum absolute atomic E-state index is 12.7. The van der Waals surface area contributed by atoms with E-state index in [0.717, 1.165) is 0 Å². The second-order valence-electron chi connectivity index (χ2n) is 3.52. The van der Waals surface area contributed by atoms with Crippen molar-refractivity contribution in [3.63, 3.8) is 0 Å². The summed E-state index contributed by atoms with van der Waals surface area (Å²) in [5, 5.41) is 0. The molecule has 0 aliphatic heterocycles. The second kappa shape index (κ2) is 5.66. The molecule has 0 spiro atoms. The number of ether oxygens (including phenoxy) is 2. The Labute approximate surface area is 112 Å². The fourth-order valence-electron chi connectivity index (χ4n) is 1.28. The van der Waals surface area contributed by atoms with Gasteiger partial charge in [-0.25, -0.2) is 4.79 Å². The maximum atomic E-state index is 12.7. The first-order chi connectivity index (χ1) is 9.45. The number of alkyl halides is 6. The van der Waals surface area contributed by atoms with E-state index in [2.05, 4.69) is 9.47 Å². The van der Waals surface area contributed by atoms with Gasteiger partial charge in [0.1, 0.15) is 5.69 Å². The van der Waals surface area contributed by atoms with Crippen LogP contribution in [0.25, 0.3) is 0 Å². The van der Waals surface area contributed by atoms with Gasteiger partial charge in [0.2, 0.25) is 11.2 Å². The third kappa shape index (κ3) is 4.39. The molecular weight excluding hydrogens is 312 g/mol. The van der Waals surface area contributed by atoms with Gasteiger partial charge in [-0.15, -0.1) is 13.2 Å². The molecule has 0 radical (unpaired) electrons. The molecule has 0 atom stereocenters. The maximum Gasteiger partial charge on any atom is 0.573 e. The number of H-pyrrole nitrogens is 1. The molecule has 5 nitrogen and oxygen atoms in total. The summed E-state index contributed by atoms with van der Waals surface area (Å²) in [7, 11) is 0. The van der Waals surface area contributed by atoms with E-state index in [4.69, 9.17) is 0 Å². The number of pyridine rings is 1. The number of hydrogen-bond donors (Lipinski definition) is 1. The van der Waals surface area contributed by atoms with Gasteiger partial charge in [-0.3, -0.25) is 4.79 Å². The Hall–Kier alpha value is -2.20. The average molecular weight is 319 g/mol.